The van der Waals surface area contributed by atoms with Gasteiger partial charge in [-0.25, -0.2) is 4.98 Å². The summed E-state index contributed by atoms with van der Waals surface area (Å²) in [6.45, 7) is 5.65. The highest BCUT2D eigenvalue weighted by Gasteiger charge is 2.29. The lowest BCUT2D eigenvalue weighted by molar-refractivity contribution is 0.253. The van der Waals surface area contributed by atoms with Crippen LogP contribution in [0.1, 0.15) is 18.9 Å². The van der Waals surface area contributed by atoms with Crippen molar-refractivity contribution in [1.82, 2.24) is 14.5 Å². The maximum atomic E-state index is 4.39. The van der Waals surface area contributed by atoms with E-state index in [4.69, 9.17) is 0 Å². The van der Waals surface area contributed by atoms with Crippen molar-refractivity contribution >= 4 is 26.8 Å². The Labute approximate surface area is 151 Å². The van der Waals surface area contributed by atoms with Crippen molar-refractivity contribution < 1.29 is 0 Å². The van der Waals surface area contributed by atoms with E-state index >= 15 is 0 Å². The first-order chi connectivity index (χ1) is 11.7. The molecule has 1 aromatic carbocycles. The summed E-state index contributed by atoms with van der Waals surface area (Å²) in [5.74, 6) is 0.697. The summed E-state index contributed by atoms with van der Waals surface area (Å²) in [5.41, 5.74) is 2.64. The van der Waals surface area contributed by atoms with Crippen molar-refractivity contribution in [2.24, 2.45) is 5.92 Å². The summed E-state index contributed by atoms with van der Waals surface area (Å²) >= 11 is 3.45. The van der Waals surface area contributed by atoms with Crippen LogP contribution in [0.5, 0.6) is 0 Å². The maximum absolute atomic E-state index is 4.39. The van der Waals surface area contributed by atoms with Gasteiger partial charge in [0, 0.05) is 37.3 Å². The van der Waals surface area contributed by atoms with E-state index < -0.39 is 0 Å². The molecule has 2 unspecified atom stereocenters. The average molecular weight is 384 g/mol. The summed E-state index contributed by atoms with van der Waals surface area (Å²) in [6, 6.07) is 15.7. The number of likely N-dealkylation sites (tertiary alicyclic amines) is 1. The quantitative estimate of drug-likeness (QED) is 0.608. The first-order valence-corrected chi connectivity index (χ1v) is 9.37. The Hall–Kier alpha value is -1.65. The molecule has 2 atom stereocenters. The first kappa shape index (κ1) is 15.9. The van der Waals surface area contributed by atoms with Crippen molar-refractivity contribution in [2.75, 3.05) is 6.54 Å². The van der Waals surface area contributed by atoms with Gasteiger partial charge in [0.25, 0.3) is 0 Å². The summed E-state index contributed by atoms with van der Waals surface area (Å²) in [4.78, 5) is 7.00. The van der Waals surface area contributed by atoms with Gasteiger partial charge in [-0.05, 0) is 52.9 Å². The molecule has 4 rings (SSSR count). The monoisotopic (exact) mass is 383 g/mol. The van der Waals surface area contributed by atoms with E-state index in [2.05, 4.69) is 86.0 Å². The normalized spacial score (nSPS) is 21.6. The second-order valence-electron chi connectivity index (χ2n) is 6.90. The van der Waals surface area contributed by atoms with Crippen LogP contribution in [0.3, 0.4) is 0 Å². The minimum atomic E-state index is 0.643. The molecule has 0 aliphatic carbocycles. The molecular formula is C20H22BrN3. The van der Waals surface area contributed by atoms with Crippen LogP contribution in [0.15, 0.2) is 59.5 Å². The molecule has 0 spiro atoms. The fraction of sp³-hybridized carbons (Fsp3) is 0.350. The molecule has 3 heterocycles. The third-order valence-corrected chi connectivity index (χ3v) is 5.53. The zero-order valence-electron chi connectivity index (χ0n) is 13.9. The highest BCUT2D eigenvalue weighted by Crippen LogP contribution is 2.28. The number of hydrogen-bond donors (Lipinski definition) is 0. The lowest BCUT2D eigenvalue weighted by atomic mass is 10.1. The predicted octanol–water partition coefficient (Wildman–Crippen LogP) is 4.71. The summed E-state index contributed by atoms with van der Waals surface area (Å²) in [5, 5.41) is 1.25. The highest BCUT2D eigenvalue weighted by molar-refractivity contribution is 9.10. The number of nitrogens with zero attached hydrogens (tertiary/aromatic N) is 3. The molecule has 124 valence electrons. The summed E-state index contributed by atoms with van der Waals surface area (Å²) in [6.07, 6.45) is 5.43. The molecule has 1 fully saturated rings. The molecule has 2 aromatic heterocycles. The lowest BCUT2D eigenvalue weighted by Gasteiger charge is -2.21. The smallest absolute Gasteiger partial charge is 0.106 e. The van der Waals surface area contributed by atoms with Gasteiger partial charge in [0.15, 0.2) is 0 Å². The number of fused-ring (bicyclic) bond motifs is 1. The van der Waals surface area contributed by atoms with Gasteiger partial charge in [0.05, 0.1) is 11.7 Å². The molecule has 0 radical (unpaired) electrons. The minimum Gasteiger partial charge on any atom is -0.346 e. The number of halogens is 1. The Balaban J connectivity index is 1.46. The van der Waals surface area contributed by atoms with Crippen LogP contribution >= 0.6 is 15.9 Å². The Bertz CT molecular complexity index is 827. The first-order valence-electron chi connectivity index (χ1n) is 8.57. The fourth-order valence-electron chi connectivity index (χ4n) is 3.89. The minimum absolute atomic E-state index is 0.643. The molecule has 3 nitrogen and oxygen atoms in total. The molecule has 0 amide bonds. The molecule has 3 aromatic rings. The highest BCUT2D eigenvalue weighted by atomic mass is 79.9. The third-order valence-electron chi connectivity index (χ3n) is 5.10. The average Bonchev–Trinajstić information content (AvgIpc) is 3.12. The van der Waals surface area contributed by atoms with Crippen LogP contribution in [0.4, 0.5) is 0 Å². The van der Waals surface area contributed by atoms with Gasteiger partial charge in [-0.1, -0.05) is 30.3 Å². The van der Waals surface area contributed by atoms with Crippen molar-refractivity contribution in [3.63, 3.8) is 0 Å². The molecule has 0 bridgehead atoms. The van der Waals surface area contributed by atoms with Crippen LogP contribution in [-0.2, 0) is 13.1 Å². The van der Waals surface area contributed by atoms with Crippen LogP contribution in [0.2, 0.25) is 0 Å². The zero-order chi connectivity index (χ0) is 16.5. The van der Waals surface area contributed by atoms with Gasteiger partial charge >= 0.3 is 0 Å². The van der Waals surface area contributed by atoms with E-state index in [0.717, 1.165) is 17.7 Å². The van der Waals surface area contributed by atoms with Crippen LogP contribution < -0.4 is 0 Å². The molecular weight excluding hydrogens is 362 g/mol. The van der Waals surface area contributed by atoms with Gasteiger partial charge < -0.3 is 4.57 Å². The largest absolute Gasteiger partial charge is 0.346 e. The summed E-state index contributed by atoms with van der Waals surface area (Å²) < 4.78 is 3.26. The molecule has 4 heteroatoms. The van der Waals surface area contributed by atoms with Crippen molar-refractivity contribution in [2.45, 2.75) is 32.5 Å². The third kappa shape index (κ3) is 3.26. The Kier molecular flexibility index (Phi) is 4.42. The van der Waals surface area contributed by atoms with E-state index in [1.807, 2.05) is 6.20 Å². The second-order valence-corrected chi connectivity index (χ2v) is 7.71. The van der Waals surface area contributed by atoms with Crippen molar-refractivity contribution in [3.05, 3.63) is 65.0 Å². The Morgan fingerprint density at radius 1 is 1.21 bits per heavy atom. The molecule has 1 aliphatic heterocycles. The molecule has 0 saturated carbocycles. The van der Waals surface area contributed by atoms with Gasteiger partial charge in [-0.15, -0.1) is 0 Å². The standard InChI is InChI=1S/C20H22BrN3/c1-15-9-17(14-24(15)12-16-5-3-2-4-6-16)13-23-8-7-18-10-20(21)22-11-19(18)23/h2-8,10-11,15,17H,9,12-14H2,1H3. The van der Waals surface area contributed by atoms with E-state index in [1.165, 1.54) is 29.4 Å². The van der Waals surface area contributed by atoms with Crippen molar-refractivity contribution in [3.8, 4) is 0 Å². The fourth-order valence-corrected chi connectivity index (χ4v) is 4.24. The number of pyridine rings is 1. The molecule has 0 N–H and O–H groups in total. The topological polar surface area (TPSA) is 21.1 Å². The molecule has 1 aliphatic rings. The lowest BCUT2D eigenvalue weighted by Crippen LogP contribution is -2.26. The number of aromatic nitrogens is 2. The Morgan fingerprint density at radius 3 is 2.88 bits per heavy atom. The maximum Gasteiger partial charge on any atom is 0.106 e. The Morgan fingerprint density at radius 2 is 2.04 bits per heavy atom. The van der Waals surface area contributed by atoms with Crippen LogP contribution in [0, 0.1) is 5.92 Å². The van der Waals surface area contributed by atoms with Crippen molar-refractivity contribution in [1.29, 1.82) is 0 Å². The van der Waals surface area contributed by atoms with E-state index in [0.29, 0.717) is 12.0 Å². The summed E-state index contributed by atoms with van der Waals surface area (Å²) in [7, 11) is 0. The molecule has 24 heavy (non-hydrogen) atoms. The van der Waals surface area contributed by atoms with Crippen LogP contribution in [-0.4, -0.2) is 27.0 Å². The van der Waals surface area contributed by atoms with E-state index in [1.54, 1.807) is 0 Å². The SMILES string of the molecule is CC1CC(Cn2ccc3cc(Br)ncc32)CN1Cc1ccccc1. The van der Waals surface area contributed by atoms with Gasteiger partial charge in [-0.3, -0.25) is 4.90 Å². The van der Waals surface area contributed by atoms with Gasteiger partial charge in [0.2, 0.25) is 0 Å². The number of hydrogen-bond acceptors (Lipinski definition) is 2. The van der Waals surface area contributed by atoms with E-state index in [-0.39, 0.29) is 0 Å². The predicted molar refractivity (Wildman–Crippen MR) is 102 cm³/mol. The van der Waals surface area contributed by atoms with E-state index in [9.17, 15) is 0 Å². The number of rotatable bonds is 4. The zero-order valence-corrected chi connectivity index (χ0v) is 15.5. The van der Waals surface area contributed by atoms with Gasteiger partial charge in [-0.2, -0.15) is 0 Å². The molecule has 1 saturated heterocycles. The van der Waals surface area contributed by atoms with Crippen LogP contribution in [0.25, 0.3) is 10.9 Å². The second kappa shape index (κ2) is 6.69. The number of benzene rings is 1. The van der Waals surface area contributed by atoms with Gasteiger partial charge in [0.1, 0.15) is 4.60 Å².